The van der Waals surface area contributed by atoms with E-state index in [2.05, 4.69) is 39.8 Å². The van der Waals surface area contributed by atoms with E-state index in [4.69, 9.17) is 20.9 Å². The largest absolute Gasteiger partial charge is 0.382 e. The molecule has 3 atom stereocenters. The highest BCUT2D eigenvalue weighted by Gasteiger charge is 2.40. The monoisotopic (exact) mass is 398 g/mol. The van der Waals surface area contributed by atoms with Crippen molar-refractivity contribution in [2.75, 3.05) is 55.4 Å². The second-order valence-corrected chi connectivity index (χ2v) is 8.71. The number of morpholine rings is 1. The fourth-order valence-corrected chi connectivity index (χ4v) is 5.27. The van der Waals surface area contributed by atoms with Crippen LogP contribution in [0.2, 0.25) is 0 Å². The van der Waals surface area contributed by atoms with Crippen LogP contribution in [0.1, 0.15) is 26.7 Å². The Morgan fingerprint density at radius 3 is 2.66 bits per heavy atom. The number of anilines is 3. The smallest absolute Gasteiger partial charge is 0.170 e. The lowest BCUT2D eigenvalue weighted by molar-refractivity contribution is 0.0985. The van der Waals surface area contributed by atoms with E-state index < -0.39 is 0 Å². The Kier molecular flexibility index (Phi) is 4.40. The van der Waals surface area contributed by atoms with Crippen LogP contribution in [0.15, 0.2) is 6.07 Å². The van der Waals surface area contributed by atoms with Crippen molar-refractivity contribution < 1.29 is 4.74 Å². The minimum atomic E-state index is 0.251. The van der Waals surface area contributed by atoms with Gasteiger partial charge in [0.25, 0.3) is 0 Å². The summed E-state index contributed by atoms with van der Waals surface area (Å²) in [5, 5.41) is 13.5. The number of aromatic nitrogens is 3. The number of nitrogens with zero attached hydrogens (tertiary/aromatic N) is 6. The number of fused-ring (bicyclic) bond motifs is 3. The number of rotatable bonds is 2. The second kappa shape index (κ2) is 6.84. The average Bonchev–Trinajstić information content (AvgIpc) is 3.16. The lowest BCUT2D eigenvalue weighted by atomic mass is 10.1. The molecule has 29 heavy (non-hydrogen) atoms. The molecule has 0 amide bonds. The van der Waals surface area contributed by atoms with Crippen LogP contribution >= 0.6 is 0 Å². The van der Waals surface area contributed by atoms with Crippen LogP contribution in [-0.2, 0) is 4.74 Å². The number of piperazine rings is 1. The zero-order valence-electron chi connectivity index (χ0n) is 17.4. The Hall–Kier alpha value is -2.39. The van der Waals surface area contributed by atoms with Gasteiger partial charge in [0.1, 0.15) is 11.7 Å². The van der Waals surface area contributed by atoms with Crippen LogP contribution in [-0.4, -0.2) is 83.5 Å². The van der Waals surface area contributed by atoms with E-state index in [9.17, 15) is 0 Å². The first kappa shape index (κ1) is 18.6. The van der Waals surface area contributed by atoms with E-state index in [1.54, 1.807) is 11.6 Å². The molecule has 3 saturated heterocycles. The molecule has 0 aromatic carbocycles. The molecule has 3 fully saturated rings. The molecule has 0 saturated carbocycles. The molecule has 2 aromatic heterocycles. The van der Waals surface area contributed by atoms with Gasteiger partial charge in [0, 0.05) is 37.8 Å². The SMILES string of the molecule is CC(=N)n1nc(N)c2c(N3C4CCC3CN(C)C4)cc(N3CCOCC3C)nc21. The zero-order chi connectivity index (χ0) is 20.3. The molecular weight excluding hydrogens is 368 g/mol. The number of nitrogen functional groups attached to an aromatic ring is 1. The summed E-state index contributed by atoms with van der Waals surface area (Å²) < 4.78 is 7.20. The minimum Gasteiger partial charge on any atom is -0.382 e. The van der Waals surface area contributed by atoms with E-state index in [-0.39, 0.29) is 6.04 Å². The molecule has 2 aromatic rings. The quantitative estimate of drug-likeness (QED) is 0.582. The molecule has 156 valence electrons. The first-order chi connectivity index (χ1) is 13.9. The van der Waals surface area contributed by atoms with E-state index in [0.29, 0.717) is 42.6 Å². The number of likely N-dealkylation sites (tertiary alicyclic amines) is 1. The Morgan fingerprint density at radius 2 is 2.00 bits per heavy atom. The summed E-state index contributed by atoms with van der Waals surface area (Å²) >= 11 is 0. The van der Waals surface area contributed by atoms with Crippen molar-refractivity contribution in [1.29, 1.82) is 5.41 Å². The summed E-state index contributed by atoms with van der Waals surface area (Å²) in [6.07, 6.45) is 2.39. The topological polar surface area (TPSA) is 99.5 Å². The van der Waals surface area contributed by atoms with Crippen LogP contribution in [0.25, 0.3) is 11.0 Å². The highest BCUT2D eigenvalue weighted by Crippen LogP contribution is 2.41. The molecular formula is C20H30N8O. The minimum absolute atomic E-state index is 0.251. The maximum Gasteiger partial charge on any atom is 0.170 e. The average molecular weight is 399 g/mol. The molecule has 3 aliphatic rings. The fourth-order valence-electron chi connectivity index (χ4n) is 5.27. The van der Waals surface area contributed by atoms with Gasteiger partial charge >= 0.3 is 0 Å². The van der Waals surface area contributed by atoms with Gasteiger partial charge in [-0.3, -0.25) is 5.41 Å². The Labute approximate surface area is 170 Å². The summed E-state index contributed by atoms with van der Waals surface area (Å²) in [5.74, 6) is 1.69. The number of ether oxygens (including phenoxy) is 1. The molecule has 0 spiro atoms. The van der Waals surface area contributed by atoms with Crippen molar-refractivity contribution >= 4 is 34.2 Å². The molecule has 0 radical (unpaired) electrons. The molecule has 0 aliphatic carbocycles. The number of nitrogens with two attached hydrogens (primary N) is 1. The van der Waals surface area contributed by atoms with Gasteiger partial charge in [0.15, 0.2) is 11.5 Å². The van der Waals surface area contributed by atoms with E-state index in [1.165, 1.54) is 12.8 Å². The standard InChI is InChI=1S/C20H30N8O/c1-12-11-29-7-6-26(12)17-8-16(27-14-4-5-15(27)10-25(3)9-14)18-19(22)24-28(13(2)21)20(18)23-17/h8,12,14-15,21H,4-7,9-11H2,1-3H3,(H2,22,24). The number of nitrogens with one attached hydrogen (secondary N) is 1. The van der Waals surface area contributed by atoms with Crippen LogP contribution in [0.5, 0.6) is 0 Å². The highest BCUT2D eigenvalue weighted by atomic mass is 16.5. The molecule has 5 heterocycles. The zero-order valence-corrected chi connectivity index (χ0v) is 17.4. The van der Waals surface area contributed by atoms with Crippen LogP contribution in [0, 0.1) is 5.41 Å². The third kappa shape index (κ3) is 2.95. The summed E-state index contributed by atoms with van der Waals surface area (Å²) in [7, 11) is 2.20. The van der Waals surface area contributed by atoms with Crippen LogP contribution in [0.4, 0.5) is 17.3 Å². The molecule has 3 unspecified atom stereocenters. The van der Waals surface area contributed by atoms with Gasteiger partial charge in [-0.2, -0.15) is 4.68 Å². The van der Waals surface area contributed by atoms with Crippen molar-refractivity contribution in [2.45, 2.75) is 44.8 Å². The van der Waals surface area contributed by atoms with E-state index in [1.807, 2.05) is 0 Å². The molecule has 2 bridgehead atoms. The third-order valence-corrected chi connectivity index (χ3v) is 6.55. The Morgan fingerprint density at radius 1 is 1.28 bits per heavy atom. The molecule has 3 aliphatic heterocycles. The van der Waals surface area contributed by atoms with E-state index in [0.717, 1.165) is 36.5 Å². The Bertz CT molecular complexity index is 942. The highest BCUT2D eigenvalue weighted by molar-refractivity contribution is 6.03. The summed E-state index contributed by atoms with van der Waals surface area (Å²) in [6.45, 7) is 8.20. The van der Waals surface area contributed by atoms with Gasteiger partial charge in [-0.25, -0.2) is 4.98 Å². The maximum atomic E-state index is 8.17. The first-order valence-electron chi connectivity index (χ1n) is 10.5. The van der Waals surface area contributed by atoms with Gasteiger partial charge in [0.05, 0.1) is 30.3 Å². The lowest BCUT2D eigenvalue weighted by Gasteiger charge is -2.42. The summed E-state index contributed by atoms with van der Waals surface area (Å²) in [6, 6.07) is 3.40. The molecule has 5 rings (SSSR count). The predicted octanol–water partition coefficient (Wildman–Crippen LogP) is 1.37. The van der Waals surface area contributed by atoms with Crippen LogP contribution in [0.3, 0.4) is 0 Å². The molecule has 9 nitrogen and oxygen atoms in total. The number of hydrogen-bond acceptors (Lipinski definition) is 8. The molecule has 9 heteroatoms. The van der Waals surface area contributed by atoms with Gasteiger partial charge in [-0.1, -0.05) is 0 Å². The fraction of sp³-hybridized carbons (Fsp3) is 0.650. The van der Waals surface area contributed by atoms with Crippen LogP contribution < -0.4 is 15.5 Å². The van der Waals surface area contributed by atoms with Gasteiger partial charge in [0.2, 0.25) is 0 Å². The number of hydrogen-bond donors (Lipinski definition) is 2. The normalized spacial score (nSPS) is 27.8. The predicted molar refractivity (Wildman–Crippen MR) is 115 cm³/mol. The van der Waals surface area contributed by atoms with Gasteiger partial charge < -0.3 is 25.2 Å². The van der Waals surface area contributed by atoms with E-state index >= 15 is 0 Å². The second-order valence-electron chi connectivity index (χ2n) is 8.71. The lowest BCUT2D eigenvalue weighted by Crippen LogP contribution is -2.52. The van der Waals surface area contributed by atoms with Crippen molar-refractivity contribution in [3.05, 3.63) is 6.07 Å². The van der Waals surface area contributed by atoms with Crippen molar-refractivity contribution in [3.63, 3.8) is 0 Å². The number of pyridine rings is 1. The Balaban J connectivity index is 1.70. The van der Waals surface area contributed by atoms with Crippen molar-refractivity contribution in [3.8, 4) is 0 Å². The first-order valence-corrected chi connectivity index (χ1v) is 10.5. The summed E-state index contributed by atoms with van der Waals surface area (Å²) in [5.41, 5.74) is 8.18. The summed E-state index contributed by atoms with van der Waals surface area (Å²) in [4.78, 5) is 12.2. The van der Waals surface area contributed by atoms with Gasteiger partial charge in [-0.15, -0.1) is 5.10 Å². The van der Waals surface area contributed by atoms with Crippen molar-refractivity contribution in [2.24, 2.45) is 0 Å². The molecule has 3 N–H and O–H groups in total. The number of likely N-dealkylation sites (N-methyl/N-ethyl adjacent to an activating group) is 1. The maximum absolute atomic E-state index is 8.17. The third-order valence-electron chi connectivity index (χ3n) is 6.55. The van der Waals surface area contributed by atoms with Crippen molar-refractivity contribution in [1.82, 2.24) is 19.7 Å². The van der Waals surface area contributed by atoms with Gasteiger partial charge in [-0.05, 0) is 33.7 Å².